The molecule has 1 nitrogen and oxygen atoms in total. The molecule has 2 aliphatic heterocycles. The van der Waals surface area contributed by atoms with E-state index in [0.29, 0.717) is 0 Å². The maximum absolute atomic E-state index is 2.67. The number of hydrogen-bond donors (Lipinski definition) is 0. The van der Waals surface area contributed by atoms with Crippen LogP contribution in [0.5, 0.6) is 0 Å². The Morgan fingerprint density at radius 2 is 1.39 bits per heavy atom. The van der Waals surface area contributed by atoms with E-state index in [2.05, 4.69) is 104 Å². The van der Waals surface area contributed by atoms with Crippen molar-refractivity contribution in [3.63, 3.8) is 0 Å². The van der Waals surface area contributed by atoms with Gasteiger partial charge in [0.25, 0.3) is 0 Å². The first-order valence-corrected chi connectivity index (χ1v) is 16.3. The molecule has 36 heavy (non-hydrogen) atoms. The van der Waals surface area contributed by atoms with Gasteiger partial charge in [0.05, 0.1) is 0 Å². The molecule has 0 atom stereocenters. The Kier molecular flexibility index (Phi) is 5.11. The minimum atomic E-state index is -1.72. The van der Waals surface area contributed by atoms with Crippen molar-refractivity contribution in [1.29, 1.82) is 0 Å². The largest absolute Gasteiger partial charge is 0.213 e. The summed E-state index contributed by atoms with van der Waals surface area (Å²) in [7, 11) is 0.445. The number of benzene rings is 3. The lowest BCUT2D eigenvalue weighted by molar-refractivity contribution is -0.660. The van der Waals surface area contributed by atoms with Crippen molar-refractivity contribution in [3.05, 3.63) is 102 Å². The van der Waals surface area contributed by atoms with E-state index in [-0.39, 0.29) is 5.41 Å². The highest BCUT2D eigenvalue weighted by atomic mass is 28.3. The van der Waals surface area contributed by atoms with Crippen molar-refractivity contribution < 1.29 is 4.57 Å². The zero-order chi connectivity index (χ0) is 24.3. The first-order valence-electron chi connectivity index (χ1n) is 13.9. The van der Waals surface area contributed by atoms with Gasteiger partial charge in [0, 0.05) is 23.1 Å². The molecule has 0 radical (unpaired) electrons. The average molecular weight is 487 g/mol. The van der Waals surface area contributed by atoms with Crippen LogP contribution in [-0.4, -0.2) is 8.07 Å². The van der Waals surface area contributed by atoms with Gasteiger partial charge in [0.1, 0.15) is 15.1 Å². The van der Waals surface area contributed by atoms with Gasteiger partial charge >= 0.3 is 0 Å². The second kappa shape index (κ2) is 8.28. The second-order valence-electron chi connectivity index (χ2n) is 11.6. The maximum atomic E-state index is 2.67. The van der Waals surface area contributed by atoms with E-state index >= 15 is 0 Å². The highest BCUT2D eigenvalue weighted by Gasteiger charge is 2.53. The lowest BCUT2D eigenvalue weighted by Crippen LogP contribution is -2.64. The summed E-state index contributed by atoms with van der Waals surface area (Å²) in [4.78, 5) is 0. The first kappa shape index (κ1) is 22.2. The Bertz CT molecular complexity index is 1470. The van der Waals surface area contributed by atoms with Crippen molar-refractivity contribution in [2.75, 3.05) is 0 Å². The maximum Gasteiger partial charge on any atom is 0.213 e. The molecule has 3 aromatic carbocycles. The third-order valence-corrected chi connectivity index (χ3v) is 15.2. The van der Waals surface area contributed by atoms with E-state index in [0.717, 1.165) is 0 Å². The van der Waals surface area contributed by atoms with Crippen LogP contribution >= 0.6 is 0 Å². The molecular formula is C34H36NSi+. The Balaban J connectivity index is 1.43. The molecule has 1 saturated carbocycles. The van der Waals surface area contributed by atoms with Gasteiger partial charge in [-0.2, -0.15) is 0 Å². The summed E-state index contributed by atoms with van der Waals surface area (Å²) >= 11 is 0. The first-order chi connectivity index (χ1) is 17.6. The van der Waals surface area contributed by atoms with Crippen LogP contribution in [0, 0.1) is 6.92 Å². The second-order valence-corrected chi connectivity index (χ2v) is 15.9. The summed E-state index contributed by atoms with van der Waals surface area (Å²) in [6, 6.07) is 33.7. The Morgan fingerprint density at radius 3 is 2.19 bits per heavy atom. The molecule has 2 fully saturated rings. The summed E-state index contributed by atoms with van der Waals surface area (Å²) in [6.07, 6.45) is 10.4. The van der Waals surface area contributed by atoms with Gasteiger partial charge in [-0.05, 0) is 70.9 Å². The lowest BCUT2D eigenvalue weighted by Gasteiger charge is -2.46. The van der Waals surface area contributed by atoms with Crippen LogP contribution < -0.4 is 14.9 Å². The molecule has 2 heteroatoms. The van der Waals surface area contributed by atoms with Gasteiger partial charge in [0.2, 0.25) is 5.69 Å². The van der Waals surface area contributed by atoms with Gasteiger partial charge in [-0.3, -0.25) is 0 Å². The van der Waals surface area contributed by atoms with Crippen LogP contribution in [0.3, 0.4) is 0 Å². The molecule has 1 aromatic heterocycles. The highest BCUT2D eigenvalue weighted by molar-refractivity contribution is 7.03. The minimum Gasteiger partial charge on any atom is -0.201 e. The molecular weight excluding hydrogens is 450 g/mol. The lowest BCUT2D eigenvalue weighted by atomic mass is 9.72. The Morgan fingerprint density at radius 1 is 0.694 bits per heavy atom. The molecule has 1 saturated heterocycles. The highest BCUT2D eigenvalue weighted by Crippen LogP contribution is 2.50. The molecule has 180 valence electrons. The quantitative estimate of drug-likeness (QED) is 0.220. The SMILES string of the molecule is Cc1ccccc1-c1cc(-c2ccc3c(c2)[Si]2(CCCC2)c2ccccc2C32CCCC2)cc[n+]1C. The third-order valence-electron chi connectivity index (χ3n) is 9.83. The van der Waals surface area contributed by atoms with E-state index in [1.807, 2.05) is 0 Å². The molecule has 0 bridgehead atoms. The molecule has 3 heterocycles. The van der Waals surface area contributed by atoms with Crippen LogP contribution in [0.25, 0.3) is 22.4 Å². The topological polar surface area (TPSA) is 3.88 Å². The fraction of sp³-hybridized carbons (Fsp3) is 0.324. The van der Waals surface area contributed by atoms with Crippen molar-refractivity contribution in [1.82, 2.24) is 0 Å². The fourth-order valence-corrected chi connectivity index (χ4v) is 13.9. The molecule has 0 unspecified atom stereocenters. The Hall–Kier alpha value is -2.97. The van der Waals surface area contributed by atoms with E-state index in [1.165, 1.54) is 78.6 Å². The number of nitrogens with zero attached hydrogens (tertiary/aromatic N) is 1. The van der Waals surface area contributed by atoms with Crippen LogP contribution in [0.15, 0.2) is 85.1 Å². The van der Waals surface area contributed by atoms with Crippen molar-refractivity contribution >= 4 is 18.4 Å². The summed E-state index contributed by atoms with van der Waals surface area (Å²) < 4.78 is 2.27. The molecule has 0 N–H and O–H groups in total. The number of fused-ring (bicyclic) bond motifs is 6. The van der Waals surface area contributed by atoms with Crippen molar-refractivity contribution in [2.45, 2.75) is 63.0 Å². The van der Waals surface area contributed by atoms with Gasteiger partial charge in [-0.25, -0.2) is 4.57 Å². The number of hydrogen-bond acceptors (Lipinski definition) is 0. The zero-order valence-electron chi connectivity index (χ0n) is 21.7. The van der Waals surface area contributed by atoms with Gasteiger partial charge in [-0.15, -0.1) is 0 Å². The number of pyridine rings is 1. The summed E-state index contributed by atoms with van der Waals surface area (Å²) in [5.74, 6) is 0. The predicted molar refractivity (Wildman–Crippen MR) is 153 cm³/mol. The van der Waals surface area contributed by atoms with Gasteiger partial charge in [-0.1, -0.05) is 91.5 Å². The van der Waals surface area contributed by atoms with Gasteiger partial charge < -0.3 is 0 Å². The summed E-state index contributed by atoms with van der Waals surface area (Å²) in [5, 5.41) is 3.57. The Labute approximate surface area is 216 Å². The number of rotatable bonds is 2. The number of aryl methyl sites for hydroxylation is 2. The fourth-order valence-electron chi connectivity index (χ4n) is 8.06. The van der Waals surface area contributed by atoms with Crippen LogP contribution in [-0.2, 0) is 12.5 Å². The van der Waals surface area contributed by atoms with Crippen molar-refractivity contribution in [3.8, 4) is 22.4 Å². The third kappa shape index (κ3) is 3.10. The zero-order valence-corrected chi connectivity index (χ0v) is 22.7. The standard InChI is InChI=1S/C34H36NSi/c1-25-11-3-4-12-28(25)31-23-27(17-20-35(31)2)26-15-16-30-33(24-26)36(21-9-10-22-36)32-14-6-5-13-29(32)34(30)18-7-8-19-34/h3-6,11-17,20,23-24H,7-10,18-19,21-22H2,1-2H3/q+1. The van der Waals surface area contributed by atoms with Crippen LogP contribution in [0.1, 0.15) is 55.2 Å². The van der Waals surface area contributed by atoms with Crippen LogP contribution in [0.2, 0.25) is 12.1 Å². The molecule has 2 spiro atoms. The molecule has 1 aliphatic carbocycles. The van der Waals surface area contributed by atoms with Gasteiger partial charge in [0.15, 0.2) is 6.20 Å². The molecule has 7 rings (SSSR count). The monoisotopic (exact) mass is 486 g/mol. The summed E-state index contributed by atoms with van der Waals surface area (Å²) in [6.45, 7) is 2.22. The van der Waals surface area contributed by atoms with E-state index in [4.69, 9.17) is 0 Å². The smallest absolute Gasteiger partial charge is 0.201 e. The minimum absolute atomic E-state index is 0.251. The van der Waals surface area contributed by atoms with E-state index in [9.17, 15) is 0 Å². The summed E-state index contributed by atoms with van der Waals surface area (Å²) in [5.41, 5.74) is 10.3. The molecule has 0 amide bonds. The van der Waals surface area contributed by atoms with Crippen LogP contribution in [0.4, 0.5) is 0 Å². The van der Waals surface area contributed by atoms with E-state index < -0.39 is 8.07 Å². The van der Waals surface area contributed by atoms with E-state index in [1.54, 1.807) is 21.5 Å². The molecule has 4 aromatic rings. The van der Waals surface area contributed by atoms with Crippen molar-refractivity contribution in [2.24, 2.45) is 7.05 Å². The molecule has 3 aliphatic rings. The average Bonchev–Trinajstić information content (AvgIpc) is 3.60. The normalized spacial score (nSPS) is 18.9. The predicted octanol–water partition coefficient (Wildman–Crippen LogP) is 6.68. The number of aromatic nitrogens is 1.